The highest BCUT2D eigenvalue weighted by atomic mass is 16.6. The molecule has 0 saturated heterocycles. The van der Waals surface area contributed by atoms with E-state index in [0.29, 0.717) is 0 Å². The van der Waals surface area contributed by atoms with E-state index in [1.54, 1.807) is 20.8 Å². The van der Waals surface area contributed by atoms with Crippen LogP contribution in [0.4, 0.5) is 4.79 Å². The number of fused-ring (bicyclic) bond motifs is 3. The predicted molar refractivity (Wildman–Crippen MR) is 150 cm³/mol. The van der Waals surface area contributed by atoms with Crippen LogP contribution in [0.1, 0.15) is 43.4 Å². The van der Waals surface area contributed by atoms with Crippen molar-refractivity contribution in [3.8, 4) is 11.1 Å². The Morgan fingerprint density at radius 1 is 0.805 bits per heavy atom. The number of amides is 3. The molecule has 0 aliphatic heterocycles. The Kier molecular flexibility index (Phi) is 9.36. The molecule has 0 heterocycles. The fraction of sp³-hybridized carbons (Fsp3) is 0.290. The molecule has 3 aromatic carbocycles. The van der Waals surface area contributed by atoms with Crippen LogP contribution < -0.4 is 16.2 Å². The van der Waals surface area contributed by atoms with Crippen molar-refractivity contribution < 1.29 is 33.4 Å². The van der Waals surface area contributed by atoms with Crippen LogP contribution in [0, 0.1) is 0 Å². The average molecular weight is 560 g/mol. The van der Waals surface area contributed by atoms with Gasteiger partial charge in [0.15, 0.2) is 0 Å². The fourth-order valence-electron chi connectivity index (χ4n) is 4.43. The lowest BCUT2D eigenvalue weighted by Crippen LogP contribution is -2.55. The van der Waals surface area contributed by atoms with Crippen LogP contribution in [0.15, 0.2) is 78.9 Å². The first-order valence-electron chi connectivity index (χ1n) is 13.2. The maximum Gasteiger partial charge on any atom is 0.426 e. The van der Waals surface area contributed by atoms with Gasteiger partial charge in [0.05, 0.1) is 13.2 Å². The van der Waals surface area contributed by atoms with Gasteiger partial charge in [-0.3, -0.25) is 15.0 Å². The average Bonchev–Trinajstić information content (AvgIpc) is 3.27. The molecule has 0 fully saturated rings. The predicted octanol–water partition coefficient (Wildman–Crippen LogP) is 3.60. The first kappa shape index (κ1) is 29.3. The molecule has 10 heteroatoms. The second-order valence-electron chi connectivity index (χ2n) is 10.5. The third-order valence-electron chi connectivity index (χ3n) is 6.23. The van der Waals surface area contributed by atoms with Crippen molar-refractivity contribution in [1.82, 2.24) is 16.2 Å². The summed E-state index contributed by atoms with van der Waals surface area (Å²) in [4.78, 5) is 50.0. The molecule has 3 amide bonds. The maximum absolute atomic E-state index is 12.9. The Hall–Kier alpha value is -4.70. The number of esters is 1. The molecule has 41 heavy (non-hydrogen) atoms. The lowest BCUT2D eigenvalue weighted by atomic mass is 9.98. The Balaban J connectivity index is 1.33. The summed E-state index contributed by atoms with van der Waals surface area (Å²) in [5.74, 6) is -3.24. The highest BCUT2D eigenvalue weighted by Crippen LogP contribution is 2.44. The topological polar surface area (TPSA) is 132 Å². The van der Waals surface area contributed by atoms with Gasteiger partial charge in [0.25, 0.3) is 5.91 Å². The Morgan fingerprint density at radius 2 is 1.39 bits per heavy atom. The van der Waals surface area contributed by atoms with Crippen molar-refractivity contribution in [2.24, 2.45) is 0 Å². The molecule has 214 valence electrons. The van der Waals surface area contributed by atoms with Crippen LogP contribution in [-0.2, 0) is 35.2 Å². The summed E-state index contributed by atoms with van der Waals surface area (Å²) in [6.45, 7) is 4.78. The Morgan fingerprint density at radius 3 is 2.00 bits per heavy atom. The number of nitrogens with one attached hydrogen (secondary N) is 3. The molecule has 1 atom stereocenters. The monoisotopic (exact) mass is 559 g/mol. The van der Waals surface area contributed by atoms with Gasteiger partial charge in [-0.1, -0.05) is 78.9 Å². The molecule has 0 saturated carbocycles. The van der Waals surface area contributed by atoms with E-state index in [0.717, 1.165) is 27.8 Å². The van der Waals surface area contributed by atoms with E-state index < -0.39 is 35.5 Å². The van der Waals surface area contributed by atoms with E-state index in [2.05, 4.69) is 16.2 Å². The number of carbonyl (C=O) groups is 4. The van der Waals surface area contributed by atoms with E-state index in [1.807, 2.05) is 78.9 Å². The van der Waals surface area contributed by atoms with Gasteiger partial charge in [-0.15, -0.1) is 0 Å². The maximum atomic E-state index is 12.9. The van der Waals surface area contributed by atoms with Crippen LogP contribution in [0.3, 0.4) is 0 Å². The highest BCUT2D eigenvalue weighted by molar-refractivity contribution is 6.33. The Labute approximate surface area is 238 Å². The summed E-state index contributed by atoms with van der Waals surface area (Å²) in [6.07, 6.45) is -0.886. The third-order valence-corrected chi connectivity index (χ3v) is 6.23. The first-order valence-corrected chi connectivity index (χ1v) is 13.2. The first-order chi connectivity index (χ1) is 19.6. The second-order valence-corrected chi connectivity index (χ2v) is 10.5. The van der Waals surface area contributed by atoms with E-state index in [1.165, 1.54) is 0 Å². The van der Waals surface area contributed by atoms with E-state index in [4.69, 9.17) is 14.2 Å². The molecule has 3 aromatic rings. The molecule has 0 unspecified atom stereocenters. The molecule has 1 aliphatic carbocycles. The van der Waals surface area contributed by atoms with E-state index >= 15 is 0 Å². The van der Waals surface area contributed by atoms with Crippen molar-refractivity contribution in [3.05, 3.63) is 95.6 Å². The van der Waals surface area contributed by atoms with E-state index in [9.17, 15) is 19.2 Å². The Bertz CT molecular complexity index is 1360. The lowest BCUT2D eigenvalue weighted by molar-refractivity contribution is -0.164. The molecule has 1 aliphatic rings. The smallest absolute Gasteiger partial charge is 0.426 e. The molecule has 0 aromatic heterocycles. The molecule has 0 radical (unpaired) electrons. The summed E-state index contributed by atoms with van der Waals surface area (Å²) in [7, 11) is 0. The number of rotatable bonds is 8. The zero-order chi connectivity index (χ0) is 29.4. The van der Waals surface area contributed by atoms with Gasteiger partial charge >= 0.3 is 18.0 Å². The summed E-state index contributed by atoms with van der Waals surface area (Å²) in [5, 5.41) is 2.31. The zero-order valence-corrected chi connectivity index (χ0v) is 23.1. The molecule has 4 rings (SSSR count). The van der Waals surface area contributed by atoms with Gasteiger partial charge in [-0.2, -0.15) is 0 Å². The van der Waals surface area contributed by atoms with Crippen LogP contribution in [0.5, 0.6) is 0 Å². The van der Waals surface area contributed by atoms with Crippen LogP contribution >= 0.6 is 0 Å². The SMILES string of the molecule is CC(C)(C)OC(=O)C(=O)N[C@@H](COCc1ccccc1)C(=O)NNC(=O)OCC1c2ccccc2-c2ccccc21. The minimum absolute atomic E-state index is 0.0503. The summed E-state index contributed by atoms with van der Waals surface area (Å²) in [6, 6.07) is 23.7. The van der Waals surface area contributed by atoms with E-state index in [-0.39, 0.29) is 25.7 Å². The van der Waals surface area contributed by atoms with Crippen molar-refractivity contribution in [1.29, 1.82) is 0 Å². The van der Waals surface area contributed by atoms with Gasteiger partial charge in [0.1, 0.15) is 18.2 Å². The molecule has 0 bridgehead atoms. The lowest BCUT2D eigenvalue weighted by Gasteiger charge is -2.21. The fourth-order valence-corrected chi connectivity index (χ4v) is 4.43. The van der Waals surface area contributed by atoms with Crippen molar-refractivity contribution in [3.63, 3.8) is 0 Å². The quantitative estimate of drug-likeness (QED) is 0.218. The van der Waals surface area contributed by atoms with Crippen molar-refractivity contribution in [2.75, 3.05) is 13.2 Å². The number of carbonyl (C=O) groups excluding carboxylic acids is 4. The standard InChI is InChI=1S/C31H33N3O7/c1-31(2,3)41-29(37)28(36)32-26(19-39-17-20-11-5-4-6-12-20)27(35)33-34-30(38)40-18-25-23-15-9-7-13-21(23)22-14-8-10-16-24(22)25/h4-16,25-26H,17-19H2,1-3H3,(H,32,36)(H,33,35)(H,34,38)/t26-/m0/s1. The molecule has 10 nitrogen and oxygen atoms in total. The highest BCUT2D eigenvalue weighted by Gasteiger charge is 2.30. The van der Waals surface area contributed by atoms with Gasteiger partial charge in [-0.05, 0) is 48.6 Å². The summed E-state index contributed by atoms with van der Waals surface area (Å²) < 4.78 is 16.1. The normalized spacial score (nSPS) is 12.9. The molecule has 0 spiro atoms. The van der Waals surface area contributed by atoms with Crippen LogP contribution in [-0.4, -0.2) is 48.7 Å². The summed E-state index contributed by atoms with van der Waals surface area (Å²) >= 11 is 0. The summed E-state index contributed by atoms with van der Waals surface area (Å²) in [5.41, 5.74) is 8.64. The second kappa shape index (κ2) is 13.1. The van der Waals surface area contributed by atoms with Crippen LogP contribution in [0.25, 0.3) is 11.1 Å². The third kappa shape index (κ3) is 7.92. The van der Waals surface area contributed by atoms with Crippen molar-refractivity contribution in [2.45, 2.75) is 44.9 Å². The minimum atomic E-state index is -1.31. The number of hydrogen-bond acceptors (Lipinski definition) is 7. The van der Waals surface area contributed by atoms with Gasteiger partial charge in [0, 0.05) is 5.92 Å². The molecular formula is C31H33N3O7. The molecule has 3 N–H and O–H groups in total. The number of benzene rings is 3. The zero-order valence-electron chi connectivity index (χ0n) is 23.1. The molecular weight excluding hydrogens is 526 g/mol. The van der Waals surface area contributed by atoms with Gasteiger partial charge < -0.3 is 19.5 Å². The van der Waals surface area contributed by atoms with Crippen molar-refractivity contribution >= 4 is 23.9 Å². The largest absolute Gasteiger partial charge is 0.453 e. The van der Waals surface area contributed by atoms with Crippen LogP contribution in [0.2, 0.25) is 0 Å². The van der Waals surface area contributed by atoms with Gasteiger partial charge in [0.2, 0.25) is 0 Å². The van der Waals surface area contributed by atoms with Gasteiger partial charge in [-0.25, -0.2) is 15.0 Å². The number of hydrogen-bond donors (Lipinski definition) is 3. The minimum Gasteiger partial charge on any atom is -0.453 e. The number of ether oxygens (including phenoxy) is 3. The number of hydrazine groups is 1.